The van der Waals surface area contributed by atoms with Gasteiger partial charge in [0.05, 0.1) is 0 Å². The Labute approximate surface area is 324 Å². The Bertz CT molecular complexity index is 2990. The quantitative estimate of drug-likeness (QED) is 0.173. The molecule has 0 saturated heterocycles. The summed E-state index contributed by atoms with van der Waals surface area (Å²) in [6.45, 7) is 4.49. The van der Waals surface area contributed by atoms with Gasteiger partial charge >= 0.3 is 198 Å². The number of para-hydroxylation sites is 2. The summed E-state index contributed by atoms with van der Waals surface area (Å²) in [5.41, 5.74) is 8.06. The predicted octanol–water partition coefficient (Wildman–Crippen LogP) is 11.7. The van der Waals surface area contributed by atoms with E-state index in [1.807, 2.05) is 95.6 Å². The van der Waals surface area contributed by atoms with Crippen molar-refractivity contribution in [3.05, 3.63) is 142 Å². The number of hydrogen-bond acceptors (Lipinski definition) is 2. The van der Waals surface area contributed by atoms with Crippen LogP contribution in [-0.4, -0.2) is 18.7 Å². The molecule has 0 aliphatic heterocycles. The smallest absolute Gasteiger partial charge is 0.0622 e. The van der Waals surface area contributed by atoms with Gasteiger partial charge in [0.15, 0.2) is 0 Å². The molecule has 1 aliphatic rings. The molecule has 0 unspecified atom stereocenters. The number of imidazole rings is 1. The number of nitrogens with zero attached hydrogens (tertiary/aromatic N) is 4. The molecule has 52 heavy (non-hydrogen) atoms. The van der Waals surface area contributed by atoms with Gasteiger partial charge in [0.25, 0.3) is 0 Å². The van der Waals surface area contributed by atoms with E-state index < -0.39 is 13.8 Å². The second kappa shape index (κ2) is 12.0. The molecule has 0 atom stereocenters. The van der Waals surface area contributed by atoms with Crippen molar-refractivity contribution in [3.63, 3.8) is 0 Å². The fourth-order valence-electron chi connectivity index (χ4n) is 7.97. The molecule has 0 amide bonds. The maximum absolute atomic E-state index is 8.60. The van der Waals surface area contributed by atoms with Crippen LogP contribution in [0.4, 0.5) is 0 Å². The van der Waals surface area contributed by atoms with Gasteiger partial charge in [0.2, 0.25) is 0 Å². The molecular formula is C46H42N4OPt. The van der Waals surface area contributed by atoms with Crippen molar-refractivity contribution >= 4 is 32.8 Å². The van der Waals surface area contributed by atoms with Crippen LogP contribution < -0.4 is 4.74 Å². The Morgan fingerprint density at radius 2 is 1.38 bits per heavy atom. The van der Waals surface area contributed by atoms with Crippen molar-refractivity contribution in [1.29, 1.82) is 0 Å². The van der Waals surface area contributed by atoms with Crippen molar-refractivity contribution in [2.75, 3.05) is 0 Å². The predicted molar refractivity (Wildman–Crippen MR) is 210 cm³/mol. The molecule has 6 heteroatoms. The maximum atomic E-state index is 8.60. The number of aromatic nitrogens is 4. The summed E-state index contributed by atoms with van der Waals surface area (Å²) < 4.78 is 63.1. The average molecular weight is 868 g/mol. The van der Waals surface area contributed by atoms with Gasteiger partial charge in [-0.1, -0.05) is 58.0 Å². The number of rotatable bonds is 5. The third-order valence-electron chi connectivity index (χ3n) is 10.9. The van der Waals surface area contributed by atoms with Gasteiger partial charge in [-0.15, -0.1) is 0 Å². The Morgan fingerprint density at radius 1 is 0.673 bits per heavy atom. The van der Waals surface area contributed by atoms with Crippen molar-refractivity contribution < 1.29 is 32.3 Å². The van der Waals surface area contributed by atoms with E-state index in [9.17, 15) is 0 Å². The average Bonchev–Trinajstić information content (AvgIpc) is 3.66. The van der Waals surface area contributed by atoms with Gasteiger partial charge in [-0.3, -0.25) is 0 Å². The number of ether oxygens (including phenoxy) is 1. The molecule has 0 spiro atoms. The summed E-state index contributed by atoms with van der Waals surface area (Å²) in [5, 5.41) is 2.07. The van der Waals surface area contributed by atoms with Crippen molar-refractivity contribution in [2.24, 2.45) is 6.98 Å². The van der Waals surface area contributed by atoms with Crippen molar-refractivity contribution in [3.8, 4) is 34.1 Å². The van der Waals surface area contributed by atoms with E-state index in [1.54, 1.807) is 12.3 Å². The third-order valence-corrected chi connectivity index (χ3v) is 11.9. The molecule has 0 saturated carbocycles. The van der Waals surface area contributed by atoms with Crippen LogP contribution in [0.3, 0.4) is 0 Å². The Hall–Kier alpha value is -4.99. The molecule has 262 valence electrons. The van der Waals surface area contributed by atoms with Gasteiger partial charge in [-0.05, 0) is 52.8 Å². The molecule has 8 aromatic rings. The summed E-state index contributed by atoms with van der Waals surface area (Å²) in [7, 11) is 0. The third kappa shape index (κ3) is 5.24. The summed E-state index contributed by atoms with van der Waals surface area (Å²) in [6, 6.07) is 37.0. The number of hydrogen-bond donors (Lipinski definition) is 0. The first kappa shape index (κ1) is 26.7. The van der Waals surface area contributed by atoms with Crippen LogP contribution in [0.5, 0.6) is 11.5 Å². The van der Waals surface area contributed by atoms with Crippen molar-refractivity contribution in [2.45, 2.75) is 58.2 Å². The number of benzene rings is 5. The van der Waals surface area contributed by atoms with Gasteiger partial charge in [0.1, 0.15) is 0 Å². The first-order chi connectivity index (χ1) is 27.4. The van der Waals surface area contributed by atoms with E-state index in [-0.39, 0.29) is 16.4 Å². The first-order valence-corrected chi connectivity index (χ1v) is 18.7. The van der Waals surface area contributed by atoms with Crippen LogP contribution >= 0.6 is 0 Å². The number of fused-ring (bicyclic) bond motifs is 5. The van der Waals surface area contributed by atoms with E-state index in [4.69, 9.17) is 17.9 Å². The van der Waals surface area contributed by atoms with Gasteiger partial charge < -0.3 is 0 Å². The van der Waals surface area contributed by atoms with Gasteiger partial charge in [0, 0.05) is 15.9 Å². The van der Waals surface area contributed by atoms with E-state index in [0.717, 1.165) is 51.4 Å². The van der Waals surface area contributed by atoms with E-state index in [2.05, 4.69) is 69.8 Å². The Kier molecular flexibility index (Phi) is 6.19. The number of aryl methyl sites for hydroxylation is 2. The Balaban J connectivity index is 1.23. The summed E-state index contributed by atoms with van der Waals surface area (Å²) in [4.78, 5) is 4.99. The Morgan fingerprint density at radius 3 is 2.15 bits per heavy atom. The zero-order chi connectivity index (χ0) is 40.9. The van der Waals surface area contributed by atoms with Crippen LogP contribution in [0, 0.1) is 10.7 Å². The first-order valence-electron chi connectivity index (χ1n) is 20.6. The molecule has 9 rings (SSSR count). The molecule has 0 N–H and O–H groups in total. The summed E-state index contributed by atoms with van der Waals surface area (Å²) in [6.07, 6.45) is 3.81. The van der Waals surface area contributed by atoms with E-state index in [0.29, 0.717) is 32.2 Å². The van der Waals surface area contributed by atoms with Gasteiger partial charge in [-0.25, -0.2) is 0 Å². The molecule has 3 aromatic heterocycles. The molecule has 3 heterocycles. The molecule has 0 fully saturated rings. The second-order valence-electron chi connectivity index (χ2n) is 15.2. The molecule has 0 radical (unpaired) electrons. The zero-order valence-electron chi connectivity index (χ0n) is 35.5. The van der Waals surface area contributed by atoms with Crippen LogP contribution in [0.25, 0.3) is 55.5 Å². The normalized spacial score (nSPS) is 17.2. The number of pyridine rings is 1. The topological polar surface area (TPSA) is 36.9 Å². The van der Waals surface area contributed by atoms with Crippen LogP contribution in [0.15, 0.2) is 121 Å². The SMILES string of the molecule is [2H]C([2H])([2H])c1cc(-n2c3cc(Oc4cccc(-n5[c](=[Pt])n(C([2H])([2H])[2H])c6ccccc65)c4)ccc3c3cc4c(cc32)C(C)(C)CCC4(C)C)ncc1-c1ccccc1. The molecular weight excluding hydrogens is 820 g/mol. The van der Waals surface area contributed by atoms with Gasteiger partial charge in [-0.2, -0.15) is 0 Å². The standard InChI is InChI=1S/C46H42N4O.Pt/c1-30-23-44(47-28-37(30)31-13-8-7-9-14-31)50-42-25-34(51-33-16-12-15-32(24-33)49-29-48(6)40-17-10-11-18-41(40)49)19-20-35(42)36-26-38-39(27-43(36)50)46(4,5)22-21-45(38,2)3;/h7-20,23-28H,21-22H2,1-6H3;/i1D3,6D3;. The monoisotopic (exact) mass is 867 g/mol. The molecule has 5 nitrogen and oxygen atoms in total. The van der Waals surface area contributed by atoms with E-state index >= 15 is 0 Å². The molecule has 0 bridgehead atoms. The van der Waals surface area contributed by atoms with Crippen LogP contribution in [-0.2, 0) is 37.2 Å². The minimum Gasteiger partial charge on any atom is -0.0622 e. The summed E-state index contributed by atoms with van der Waals surface area (Å²) >= 11 is 2.07. The minimum atomic E-state index is -2.39. The molecule has 1 aliphatic carbocycles. The van der Waals surface area contributed by atoms with Crippen LogP contribution in [0.1, 0.15) is 65.5 Å². The zero-order valence-corrected chi connectivity index (χ0v) is 31.7. The van der Waals surface area contributed by atoms with E-state index in [1.165, 1.54) is 15.7 Å². The van der Waals surface area contributed by atoms with Crippen LogP contribution in [0.2, 0.25) is 0 Å². The second-order valence-corrected chi connectivity index (χ2v) is 16.2. The summed E-state index contributed by atoms with van der Waals surface area (Å²) in [5.74, 6) is 1.66. The fraction of sp³-hybridized carbons (Fsp3) is 0.217. The molecule has 5 aromatic carbocycles. The minimum absolute atomic E-state index is 0.0167. The van der Waals surface area contributed by atoms with Crippen molar-refractivity contribution in [1.82, 2.24) is 18.7 Å². The fourth-order valence-corrected chi connectivity index (χ4v) is 8.81.